The van der Waals surface area contributed by atoms with E-state index in [0.717, 1.165) is 37.7 Å². The Morgan fingerprint density at radius 3 is 2.62 bits per heavy atom. The predicted octanol–water partition coefficient (Wildman–Crippen LogP) is 2.70. The first-order chi connectivity index (χ1) is 10.2. The van der Waals surface area contributed by atoms with Crippen molar-refractivity contribution in [2.24, 2.45) is 5.92 Å². The van der Waals surface area contributed by atoms with Crippen molar-refractivity contribution < 1.29 is 4.79 Å². The molecule has 114 valence electrons. The van der Waals surface area contributed by atoms with E-state index in [1.807, 2.05) is 4.90 Å². The predicted molar refractivity (Wildman–Crippen MR) is 82.2 cm³/mol. The standard InChI is InChI=1S/C16H24N4O/c1-12-6-8-20(9-7-12)16(21)14-10-15(18-11-17-14)19-13-4-2-3-5-13/h10-13H,2-9H2,1H3,(H,17,18,19). The maximum absolute atomic E-state index is 12.5. The molecule has 1 saturated heterocycles. The van der Waals surface area contributed by atoms with E-state index in [9.17, 15) is 4.79 Å². The van der Waals surface area contributed by atoms with Crippen LogP contribution in [0.15, 0.2) is 12.4 Å². The van der Waals surface area contributed by atoms with Crippen LogP contribution in [0.4, 0.5) is 5.82 Å². The molecule has 0 atom stereocenters. The van der Waals surface area contributed by atoms with E-state index in [0.29, 0.717) is 11.7 Å². The van der Waals surface area contributed by atoms with Gasteiger partial charge in [-0.1, -0.05) is 19.8 Å². The molecule has 0 aromatic carbocycles. The highest BCUT2D eigenvalue weighted by Gasteiger charge is 2.23. The topological polar surface area (TPSA) is 58.1 Å². The molecule has 2 aliphatic rings. The van der Waals surface area contributed by atoms with Crippen LogP contribution in [-0.4, -0.2) is 39.9 Å². The Labute approximate surface area is 126 Å². The van der Waals surface area contributed by atoms with Crippen molar-refractivity contribution in [1.82, 2.24) is 14.9 Å². The van der Waals surface area contributed by atoms with Crippen molar-refractivity contribution in [1.29, 1.82) is 0 Å². The van der Waals surface area contributed by atoms with Crippen molar-refractivity contribution in [3.63, 3.8) is 0 Å². The lowest BCUT2D eigenvalue weighted by atomic mass is 9.99. The van der Waals surface area contributed by atoms with Crippen LogP contribution < -0.4 is 5.32 Å². The fourth-order valence-corrected chi connectivity index (χ4v) is 3.21. The highest BCUT2D eigenvalue weighted by atomic mass is 16.2. The van der Waals surface area contributed by atoms with E-state index < -0.39 is 0 Å². The van der Waals surface area contributed by atoms with Gasteiger partial charge < -0.3 is 10.2 Å². The van der Waals surface area contributed by atoms with E-state index in [-0.39, 0.29) is 5.91 Å². The van der Waals surface area contributed by atoms with Gasteiger partial charge >= 0.3 is 0 Å². The lowest BCUT2D eigenvalue weighted by molar-refractivity contribution is 0.0691. The summed E-state index contributed by atoms with van der Waals surface area (Å²) in [6.45, 7) is 3.93. The molecule has 1 aliphatic heterocycles. The van der Waals surface area contributed by atoms with Crippen molar-refractivity contribution in [3.8, 4) is 0 Å². The van der Waals surface area contributed by atoms with Gasteiger partial charge in [0.25, 0.3) is 5.91 Å². The molecule has 2 heterocycles. The molecule has 1 amide bonds. The molecule has 0 radical (unpaired) electrons. The number of likely N-dealkylation sites (tertiary alicyclic amines) is 1. The normalized spacial score (nSPS) is 20.7. The lowest BCUT2D eigenvalue weighted by Gasteiger charge is -2.30. The van der Waals surface area contributed by atoms with Gasteiger partial charge in [-0.25, -0.2) is 9.97 Å². The molecule has 2 fully saturated rings. The molecular formula is C16H24N4O. The number of hydrogen-bond acceptors (Lipinski definition) is 4. The number of piperidine rings is 1. The summed E-state index contributed by atoms with van der Waals surface area (Å²) in [5.74, 6) is 1.54. The van der Waals surface area contributed by atoms with Crippen molar-refractivity contribution in [3.05, 3.63) is 18.1 Å². The highest BCUT2D eigenvalue weighted by Crippen LogP contribution is 2.22. The van der Waals surface area contributed by atoms with Crippen LogP contribution in [0.5, 0.6) is 0 Å². The average molecular weight is 288 g/mol. The number of nitrogens with zero attached hydrogens (tertiary/aromatic N) is 3. The summed E-state index contributed by atoms with van der Waals surface area (Å²) in [5.41, 5.74) is 0.514. The van der Waals surface area contributed by atoms with Gasteiger partial charge in [0.05, 0.1) is 0 Å². The van der Waals surface area contributed by atoms with Gasteiger partial charge in [0.15, 0.2) is 0 Å². The minimum atomic E-state index is 0.0405. The molecule has 1 N–H and O–H groups in total. The maximum atomic E-state index is 12.5. The van der Waals surface area contributed by atoms with Gasteiger partial charge in [0, 0.05) is 25.2 Å². The van der Waals surface area contributed by atoms with E-state index in [1.54, 1.807) is 6.07 Å². The van der Waals surface area contributed by atoms with E-state index >= 15 is 0 Å². The second kappa shape index (κ2) is 6.41. The van der Waals surface area contributed by atoms with E-state index in [2.05, 4.69) is 22.2 Å². The van der Waals surface area contributed by atoms with Gasteiger partial charge in [-0.3, -0.25) is 4.79 Å². The fraction of sp³-hybridized carbons (Fsp3) is 0.688. The van der Waals surface area contributed by atoms with Gasteiger partial charge in [-0.15, -0.1) is 0 Å². The van der Waals surface area contributed by atoms with Crippen LogP contribution in [0.25, 0.3) is 0 Å². The first-order valence-electron chi connectivity index (χ1n) is 8.10. The van der Waals surface area contributed by atoms with Crippen LogP contribution in [0.3, 0.4) is 0 Å². The molecule has 5 nitrogen and oxygen atoms in total. The van der Waals surface area contributed by atoms with Crippen molar-refractivity contribution in [2.75, 3.05) is 18.4 Å². The summed E-state index contributed by atoms with van der Waals surface area (Å²) < 4.78 is 0. The summed E-state index contributed by atoms with van der Waals surface area (Å²) in [6, 6.07) is 2.30. The molecule has 1 aromatic rings. The zero-order chi connectivity index (χ0) is 14.7. The third-order valence-electron chi connectivity index (χ3n) is 4.66. The molecule has 21 heavy (non-hydrogen) atoms. The number of amides is 1. The number of hydrogen-bond donors (Lipinski definition) is 1. The van der Waals surface area contributed by atoms with Gasteiger partial charge in [-0.2, -0.15) is 0 Å². The van der Waals surface area contributed by atoms with Gasteiger partial charge in [0.1, 0.15) is 17.8 Å². The fourth-order valence-electron chi connectivity index (χ4n) is 3.21. The molecule has 1 aliphatic carbocycles. The Hall–Kier alpha value is -1.65. The summed E-state index contributed by atoms with van der Waals surface area (Å²) in [7, 11) is 0. The summed E-state index contributed by atoms with van der Waals surface area (Å²) in [6.07, 6.45) is 8.61. The Morgan fingerprint density at radius 2 is 1.90 bits per heavy atom. The minimum Gasteiger partial charge on any atom is -0.367 e. The van der Waals surface area contributed by atoms with Crippen molar-refractivity contribution in [2.45, 2.75) is 51.5 Å². The van der Waals surface area contributed by atoms with Gasteiger partial charge in [0.2, 0.25) is 0 Å². The third kappa shape index (κ3) is 3.52. The Bertz CT molecular complexity index is 491. The monoisotopic (exact) mass is 288 g/mol. The lowest BCUT2D eigenvalue weighted by Crippen LogP contribution is -2.38. The number of carbonyl (C=O) groups is 1. The molecule has 1 saturated carbocycles. The molecule has 0 spiro atoms. The van der Waals surface area contributed by atoms with E-state index in [4.69, 9.17) is 0 Å². The quantitative estimate of drug-likeness (QED) is 0.929. The second-order valence-electron chi connectivity index (χ2n) is 6.39. The number of rotatable bonds is 3. The molecular weight excluding hydrogens is 264 g/mol. The van der Waals surface area contributed by atoms with Crippen LogP contribution in [-0.2, 0) is 0 Å². The maximum Gasteiger partial charge on any atom is 0.272 e. The van der Waals surface area contributed by atoms with Gasteiger partial charge in [-0.05, 0) is 31.6 Å². The molecule has 3 rings (SSSR count). The Morgan fingerprint density at radius 1 is 1.19 bits per heavy atom. The largest absolute Gasteiger partial charge is 0.367 e. The van der Waals surface area contributed by atoms with Crippen molar-refractivity contribution >= 4 is 11.7 Å². The van der Waals surface area contributed by atoms with Crippen LogP contribution >= 0.6 is 0 Å². The highest BCUT2D eigenvalue weighted by molar-refractivity contribution is 5.92. The number of nitrogens with one attached hydrogen (secondary N) is 1. The zero-order valence-corrected chi connectivity index (χ0v) is 12.7. The minimum absolute atomic E-state index is 0.0405. The zero-order valence-electron chi connectivity index (χ0n) is 12.7. The summed E-state index contributed by atoms with van der Waals surface area (Å²) in [4.78, 5) is 22.8. The molecule has 0 unspecified atom stereocenters. The first kappa shape index (κ1) is 14.3. The van der Waals surface area contributed by atoms with Crippen LogP contribution in [0, 0.1) is 5.92 Å². The molecule has 1 aromatic heterocycles. The number of carbonyl (C=O) groups excluding carboxylic acids is 1. The average Bonchev–Trinajstić information content (AvgIpc) is 3.00. The molecule has 0 bridgehead atoms. The Balaban J connectivity index is 1.65. The number of anilines is 1. The SMILES string of the molecule is CC1CCN(C(=O)c2cc(NC3CCCC3)ncn2)CC1. The summed E-state index contributed by atoms with van der Waals surface area (Å²) in [5, 5.41) is 3.42. The van der Waals surface area contributed by atoms with E-state index in [1.165, 1.54) is 32.0 Å². The second-order valence-corrected chi connectivity index (χ2v) is 6.39. The van der Waals surface area contributed by atoms with Crippen LogP contribution in [0.1, 0.15) is 55.9 Å². The first-order valence-corrected chi connectivity index (χ1v) is 8.10. The van der Waals surface area contributed by atoms with Crippen LogP contribution in [0.2, 0.25) is 0 Å². The Kier molecular flexibility index (Phi) is 4.36. The molecule has 5 heteroatoms. The third-order valence-corrected chi connectivity index (χ3v) is 4.66. The summed E-state index contributed by atoms with van der Waals surface area (Å²) >= 11 is 0. The smallest absolute Gasteiger partial charge is 0.272 e. The number of aromatic nitrogens is 2.